The summed E-state index contributed by atoms with van der Waals surface area (Å²) in [7, 11) is 0. The van der Waals surface area contributed by atoms with Crippen molar-refractivity contribution in [1.82, 2.24) is 4.90 Å². The molecule has 20 heavy (non-hydrogen) atoms. The van der Waals surface area contributed by atoms with Gasteiger partial charge in [-0.15, -0.1) is 0 Å². The molecule has 0 aliphatic heterocycles. The molecule has 1 amide bonds. The molecule has 1 saturated carbocycles. The van der Waals surface area contributed by atoms with E-state index < -0.39 is 4.92 Å². The van der Waals surface area contributed by atoms with Crippen LogP contribution in [0.4, 0.5) is 5.69 Å². The number of aliphatic hydroxyl groups excluding tert-OH is 1. The van der Waals surface area contributed by atoms with E-state index in [1.54, 1.807) is 23.1 Å². The molecular weight excluding hydrogens is 260 g/mol. The smallest absolute Gasteiger partial charge is 0.269 e. The Balaban J connectivity index is 2.00. The fourth-order valence-electron chi connectivity index (χ4n) is 1.94. The number of rotatable bonds is 6. The van der Waals surface area contributed by atoms with Gasteiger partial charge in [-0.05, 0) is 36.6 Å². The number of nitro benzene ring substituents is 1. The molecule has 1 aliphatic carbocycles. The molecule has 106 valence electrons. The van der Waals surface area contributed by atoms with Gasteiger partial charge in [0.25, 0.3) is 5.69 Å². The van der Waals surface area contributed by atoms with Crippen LogP contribution in [-0.4, -0.2) is 40.0 Å². The highest BCUT2D eigenvalue weighted by Gasteiger charge is 2.30. The van der Waals surface area contributed by atoms with E-state index in [1.807, 2.05) is 0 Å². The van der Waals surface area contributed by atoms with Crippen molar-refractivity contribution in [2.75, 3.05) is 13.2 Å². The number of nitro groups is 1. The normalized spacial score (nSPS) is 14.4. The predicted molar refractivity (Wildman–Crippen MR) is 74.0 cm³/mol. The fourth-order valence-corrected chi connectivity index (χ4v) is 1.94. The standard InChI is InChI=1S/C14H16N2O4/c17-10-9-15(12-6-7-12)14(18)8-3-11-1-4-13(5-2-11)16(19)20/h1-5,8,12,17H,6-7,9-10H2/b8-3+. The molecule has 0 saturated heterocycles. The van der Waals surface area contributed by atoms with E-state index in [2.05, 4.69) is 0 Å². The lowest BCUT2D eigenvalue weighted by atomic mass is 10.2. The van der Waals surface area contributed by atoms with Gasteiger partial charge in [0.1, 0.15) is 0 Å². The zero-order valence-electron chi connectivity index (χ0n) is 10.9. The van der Waals surface area contributed by atoms with Gasteiger partial charge in [-0.2, -0.15) is 0 Å². The van der Waals surface area contributed by atoms with E-state index in [-0.39, 0.29) is 24.2 Å². The summed E-state index contributed by atoms with van der Waals surface area (Å²) < 4.78 is 0. The van der Waals surface area contributed by atoms with Crippen LogP contribution in [0.25, 0.3) is 6.08 Å². The largest absolute Gasteiger partial charge is 0.395 e. The summed E-state index contributed by atoms with van der Waals surface area (Å²) >= 11 is 0. The molecule has 1 aliphatic rings. The second-order valence-corrected chi connectivity index (χ2v) is 4.67. The van der Waals surface area contributed by atoms with Crippen LogP contribution in [0.15, 0.2) is 30.3 Å². The number of carbonyl (C=O) groups excluding carboxylic acids is 1. The first-order valence-corrected chi connectivity index (χ1v) is 6.46. The first-order valence-electron chi connectivity index (χ1n) is 6.46. The summed E-state index contributed by atoms with van der Waals surface area (Å²) in [5.74, 6) is -0.139. The lowest BCUT2D eigenvalue weighted by molar-refractivity contribution is -0.384. The average Bonchev–Trinajstić information content (AvgIpc) is 3.27. The molecule has 0 radical (unpaired) electrons. The topological polar surface area (TPSA) is 83.7 Å². The zero-order valence-corrected chi connectivity index (χ0v) is 10.9. The second-order valence-electron chi connectivity index (χ2n) is 4.67. The number of non-ortho nitro benzene ring substituents is 1. The Bertz CT molecular complexity index is 520. The quantitative estimate of drug-likeness (QED) is 0.486. The van der Waals surface area contributed by atoms with Crippen LogP contribution in [-0.2, 0) is 4.79 Å². The maximum Gasteiger partial charge on any atom is 0.269 e. The molecule has 1 aromatic carbocycles. The van der Waals surface area contributed by atoms with Crippen LogP contribution < -0.4 is 0 Å². The lowest BCUT2D eigenvalue weighted by Crippen LogP contribution is -2.34. The van der Waals surface area contributed by atoms with E-state index in [0.717, 1.165) is 18.4 Å². The minimum Gasteiger partial charge on any atom is -0.395 e. The Morgan fingerprint density at radius 2 is 2.05 bits per heavy atom. The minimum absolute atomic E-state index is 0.0216. The van der Waals surface area contributed by atoms with Crippen LogP contribution >= 0.6 is 0 Å². The van der Waals surface area contributed by atoms with Crippen LogP contribution in [0.5, 0.6) is 0 Å². The zero-order chi connectivity index (χ0) is 14.5. The fraction of sp³-hybridized carbons (Fsp3) is 0.357. The van der Waals surface area contributed by atoms with Gasteiger partial charge in [0.2, 0.25) is 5.91 Å². The summed E-state index contributed by atoms with van der Waals surface area (Å²) in [6, 6.07) is 6.23. The number of amides is 1. The van der Waals surface area contributed by atoms with Gasteiger partial charge < -0.3 is 10.0 Å². The summed E-state index contributed by atoms with van der Waals surface area (Å²) in [4.78, 5) is 23.7. The lowest BCUT2D eigenvalue weighted by Gasteiger charge is -2.19. The molecular formula is C14H16N2O4. The van der Waals surface area contributed by atoms with Crippen molar-refractivity contribution >= 4 is 17.7 Å². The highest BCUT2D eigenvalue weighted by molar-refractivity contribution is 5.92. The third-order valence-electron chi connectivity index (χ3n) is 3.13. The Hall–Kier alpha value is -2.21. The van der Waals surface area contributed by atoms with Gasteiger partial charge in [0.15, 0.2) is 0 Å². The van der Waals surface area contributed by atoms with Crippen molar-refractivity contribution in [3.05, 3.63) is 46.0 Å². The van der Waals surface area contributed by atoms with Gasteiger partial charge in [-0.25, -0.2) is 0 Å². The Kier molecular flexibility index (Phi) is 4.47. The molecule has 0 aromatic heterocycles. The minimum atomic E-state index is -0.464. The summed E-state index contributed by atoms with van der Waals surface area (Å²) in [5.41, 5.74) is 0.747. The SMILES string of the molecule is O=C(/C=C/c1ccc([N+](=O)[O-])cc1)N(CCO)C1CC1. The van der Waals surface area contributed by atoms with Crippen LogP contribution in [0.1, 0.15) is 18.4 Å². The molecule has 0 heterocycles. The van der Waals surface area contributed by atoms with E-state index in [4.69, 9.17) is 5.11 Å². The molecule has 6 nitrogen and oxygen atoms in total. The number of nitrogens with zero attached hydrogens (tertiary/aromatic N) is 2. The molecule has 2 rings (SSSR count). The van der Waals surface area contributed by atoms with Crippen molar-refractivity contribution in [3.8, 4) is 0 Å². The average molecular weight is 276 g/mol. The van der Waals surface area contributed by atoms with Gasteiger partial charge in [0.05, 0.1) is 11.5 Å². The summed E-state index contributed by atoms with van der Waals surface area (Å²) in [6.45, 7) is 0.293. The number of aliphatic hydroxyl groups is 1. The third kappa shape index (κ3) is 3.64. The van der Waals surface area contributed by atoms with Crippen LogP contribution in [0, 0.1) is 10.1 Å². The monoisotopic (exact) mass is 276 g/mol. The highest BCUT2D eigenvalue weighted by atomic mass is 16.6. The summed E-state index contributed by atoms with van der Waals surface area (Å²) in [6.07, 6.45) is 5.03. The summed E-state index contributed by atoms with van der Waals surface area (Å²) in [5, 5.41) is 19.5. The maximum absolute atomic E-state index is 12.0. The molecule has 0 unspecified atom stereocenters. The molecule has 1 aromatic rings. The van der Waals surface area contributed by atoms with E-state index in [9.17, 15) is 14.9 Å². The van der Waals surface area contributed by atoms with Crippen molar-refractivity contribution in [1.29, 1.82) is 0 Å². The van der Waals surface area contributed by atoms with Gasteiger partial charge in [-0.3, -0.25) is 14.9 Å². The van der Waals surface area contributed by atoms with Crippen molar-refractivity contribution in [3.63, 3.8) is 0 Å². The Morgan fingerprint density at radius 3 is 2.55 bits per heavy atom. The first-order chi connectivity index (χ1) is 9.61. The molecule has 0 spiro atoms. The second kappa shape index (κ2) is 6.29. The van der Waals surface area contributed by atoms with Crippen LogP contribution in [0.3, 0.4) is 0 Å². The van der Waals surface area contributed by atoms with Crippen LogP contribution in [0.2, 0.25) is 0 Å². The van der Waals surface area contributed by atoms with Crippen molar-refractivity contribution < 1.29 is 14.8 Å². The number of hydrogen-bond acceptors (Lipinski definition) is 4. The van der Waals surface area contributed by atoms with Gasteiger partial charge >= 0.3 is 0 Å². The first kappa shape index (κ1) is 14.2. The Morgan fingerprint density at radius 1 is 1.40 bits per heavy atom. The third-order valence-corrected chi connectivity index (χ3v) is 3.13. The number of carbonyl (C=O) groups is 1. The van der Waals surface area contributed by atoms with E-state index >= 15 is 0 Å². The number of benzene rings is 1. The van der Waals surface area contributed by atoms with Crippen molar-refractivity contribution in [2.24, 2.45) is 0 Å². The van der Waals surface area contributed by atoms with Crippen molar-refractivity contribution in [2.45, 2.75) is 18.9 Å². The van der Waals surface area contributed by atoms with Gasteiger partial charge in [-0.1, -0.05) is 0 Å². The molecule has 6 heteroatoms. The van der Waals surface area contributed by atoms with E-state index in [0.29, 0.717) is 6.54 Å². The highest BCUT2D eigenvalue weighted by Crippen LogP contribution is 2.26. The predicted octanol–water partition coefficient (Wildman–Crippen LogP) is 1.59. The number of hydrogen-bond donors (Lipinski definition) is 1. The maximum atomic E-state index is 12.0. The molecule has 1 N–H and O–H groups in total. The van der Waals surface area contributed by atoms with E-state index in [1.165, 1.54) is 18.2 Å². The Labute approximate surface area is 116 Å². The molecule has 0 bridgehead atoms. The van der Waals surface area contributed by atoms with Gasteiger partial charge in [0, 0.05) is 30.8 Å². The molecule has 1 fully saturated rings. The molecule has 0 atom stereocenters.